The molecule has 1 aromatic carbocycles. The highest BCUT2D eigenvalue weighted by atomic mass is 14.7. The fraction of sp³-hybridized carbons (Fsp3) is 0.214. The van der Waals surface area contributed by atoms with E-state index in [0.717, 1.165) is 18.5 Å². The van der Waals surface area contributed by atoms with Crippen molar-refractivity contribution >= 4 is 5.69 Å². The van der Waals surface area contributed by atoms with Crippen LogP contribution in [0.2, 0.25) is 0 Å². The van der Waals surface area contributed by atoms with E-state index in [1.54, 1.807) is 6.20 Å². The molecule has 0 amide bonds. The van der Waals surface area contributed by atoms with Gasteiger partial charge in [0.2, 0.25) is 0 Å². The number of aromatic nitrogens is 1. The molecule has 0 radical (unpaired) electrons. The molecule has 2 rings (SSSR count). The quantitative estimate of drug-likeness (QED) is 0.849. The maximum absolute atomic E-state index is 5.61. The lowest BCUT2D eigenvalue weighted by atomic mass is 10.0. The number of nitrogen functional groups attached to an aromatic ring is 1. The summed E-state index contributed by atoms with van der Waals surface area (Å²) in [5, 5.41) is 0. The van der Waals surface area contributed by atoms with Gasteiger partial charge in [0.1, 0.15) is 0 Å². The number of nitrogens with two attached hydrogens (primary N) is 1. The van der Waals surface area contributed by atoms with E-state index in [4.69, 9.17) is 5.73 Å². The van der Waals surface area contributed by atoms with Crippen LogP contribution >= 0.6 is 0 Å². The Balaban J connectivity index is 2.23. The van der Waals surface area contributed by atoms with Crippen LogP contribution in [0.3, 0.4) is 0 Å². The van der Waals surface area contributed by atoms with Gasteiger partial charge in [0, 0.05) is 12.1 Å². The molecule has 0 spiro atoms. The molecule has 2 aromatic rings. The molecule has 0 atom stereocenters. The first-order valence-corrected chi connectivity index (χ1v) is 5.56. The largest absolute Gasteiger partial charge is 0.397 e. The monoisotopic (exact) mass is 212 g/mol. The number of hydrogen-bond acceptors (Lipinski definition) is 2. The van der Waals surface area contributed by atoms with Crippen molar-refractivity contribution in [1.82, 2.24) is 4.98 Å². The fourth-order valence-electron chi connectivity index (χ4n) is 1.81. The maximum Gasteiger partial charge on any atom is 0.0501 e. The minimum absolute atomic E-state index is 0.715. The molecule has 0 fully saturated rings. The van der Waals surface area contributed by atoms with Gasteiger partial charge in [0.25, 0.3) is 0 Å². The molecular weight excluding hydrogens is 196 g/mol. The van der Waals surface area contributed by atoms with Gasteiger partial charge in [-0.15, -0.1) is 0 Å². The molecule has 82 valence electrons. The molecule has 1 heterocycles. The molecule has 0 aliphatic carbocycles. The summed E-state index contributed by atoms with van der Waals surface area (Å²) in [4.78, 5) is 4.32. The van der Waals surface area contributed by atoms with Crippen molar-refractivity contribution in [1.29, 1.82) is 0 Å². The Kier molecular flexibility index (Phi) is 3.20. The van der Waals surface area contributed by atoms with Gasteiger partial charge in [-0.2, -0.15) is 0 Å². The molecule has 1 aromatic heterocycles. The summed E-state index contributed by atoms with van der Waals surface area (Å²) in [6, 6.07) is 12.4. The van der Waals surface area contributed by atoms with Crippen LogP contribution in [0.4, 0.5) is 5.69 Å². The second-order valence-electron chi connectivity index (χ2n) is 3.88. The topological polar surface area (TPSA) is 38.9 Å². The molecule has 2 N–H and O–H groups in total. The molecular formula is C14H16N2. The zero-order chi connectivity index (χ0) is 11.4. The Labute approximate surface area is 96.1 Å². The summed E-state index contributed by atoms with van der Waals surface area (Å²) in [5.41, 5.74) is 10.1. The van der Waals surface area contributed by atoms with Crippen LogP contribution < -0.4 is 5.73 Å². The summed E-state index contributed by atoms with van der Waals surface area (Å²) in [7, 11) is 0. The van der Waals surface area contributed by atoms with Crippen molar-refractivity contribution in [2.24, 2.45) is 0 Å². The molecule has 0 saturated heterocycles. The average Bonchev–Trinajstić information content (AvgIpc) is 2.33. The zero-order valence-corrected chi connectivity index (χ0v) is 9.48. The fourth-order valence-corrected chi connectivity index (χ4v) is 1.81. The first-order chi connectivity index (χ1) is 7.79. The second kappa shape index (κ2) is 4.79. The van der Waals surface area contributed by atoms with Gasteiger partial charge < -0.3 is 5.73 Å². The Hall–Kier alpha value is -1.83. The van der Waals surface area contributed by atoms with Gasteiger partial charge in [-0.1, -0.05) is 31.2 Å². The zero-order valence-electron chi connectivity index (χ0n) is 9.48. The van der Waals surface area contributed by atoms with Crippen LogP contribution in [0.25, 0.3) is 0 Å². The number of aryl methyl sites for hydroxylation is 1. The van der Waals surface area contributed by atoms with E-state index in [9.17, 15) is 0 Å². The number of rotatable bonds is 3. The first kappa shape index (κ1) is 10.7. The van der Waals surface area contributed by atoms with Crippen molar-refractivity contribution in [3.63, 3.8) is 0 Å². The van der Waals surface area contributed by atoms with Crippen molar-refractivity contribution in [2.75, 3.05) is 5.73 Å². The molecule has 0 bridgehead atoms. The first-order valence-electron chi connectivity index (χ1n) is 5.56. The second-order valence-corrected chi connectivity index (χ2v) is 3.88. The molecule has 2 heteroatoms. The van der Waals surface area contributed by atoms with E-state index in [1.165, 1.54) is 11.1 Å². The highest BCUT2D eigenvalue weighted by Crippen LogP contribution is 2.14. The van der Waals surface area contributed by atoms with Gasteiger partial charge in [0.15, 0.2) is 0 Å². The van der Waals surface area contributed by atoms with Gasteiger partial charge in [-0.25, -0.2) is 0 Å². The smallest absolute Gasteiger partial charge is 0.0501 e. The van der Waals surface area contributed by atoms with Crippen molar-refractivity contribution < 1.29 is 0 Å². The number of pyridine rings is 1. The molecule has 0 unspecified atom stereocenters. The minimum atomic E-state index is 0.715. The third kappa shape index (κ3) is 2.40. The number of anilines is 1. The van der Waals surface area contributed by atoms with Crippen LogP contribution in [0.1, 0.15) is 23.7 Å². The Morgan fingerprint density at radius 2 is 1.81 bits per heavy atom. The maximum atomic E-state index is 5.61. The minimum Gasteiger partial charge on any atom is -0.397 e. The lowest BCUT2D eigenvalue weighted by Crippen LogP contribution is -1.97. The van der Waals surface area contributed by atoms with E-state index in [1.807, 2.05) is 12.1 Å². The van der Waals surface area contributed by atoms with E-state index in [0.29, 0.717) is 5.69 Å². The summed E-state index contributed by atoms with van der Waals surface area (Å²) in [6.45, 7) is 2.18. The van der Waals surface area contributed by atoms with E-state index in [2.05, 4.69) is 36.2 Å². The Morgan fingerprint density at radius 1 is 1.06 bits per heavy atom. The normalized spacial score (nSPS) is 10.3. The highest BCUT2D eigenvalue weighted by molar-refractivity contribution is 5.37. The molecule has 0 aliphatic rings. The predicted octanol–water partition coefficient (Wildman–Crippen LogP) is 2.82. The van der Waals surface area contributed by atoms with Crippen LogP contribution in [0, 0.1) is 0 Å². The van der Waals surface area contributed by atoms with Crippen LogP contribution in [0.15, 0.2) is 42.6 Å². The number of hydrogen-bond donors (Lipinski definition) is 1. The summed E-state index contributed by atoms with van der Waals surface area (Å²) in [6.07, 6.45) is 3.65. The van der Waals surface area contributed by atoms with Gasteiger partial charge in [-0.3, -0.25) is 4.98 Å². The number of benzene rings is 1. The summed E-state index contributed by atoms with van der Waals surface area (Å²) >= 11 is 0. The lowest BCUT2D eigenvalue weighted by Gasteiger charge is -2.07. The van der Waals surface area contributed by atoms with E-state index >= 15 is 0 Å². The van der Waals surface area contributed by atoms with Crippen molar-refractivity contribution in [2.45, 2.75) is 19.8 Å². The highest BCUT2D eigenvalue weighted by Gasteiger charge is 2.01. The van der Waals surface area contributed by atoms with Crippen molar-refractivity contribution in [3.8, 4) is 0 Å². The van der Waals surface area contributed by atoms with Crippen LogP contribution in [-0.2, 0) is 12.8 Å². The van der Waals surface area contributed by atoms with Crippen LogP contribution in [-0.4, -0.2) is 4.98 Å². The molecule has 0 aliphatic heterocycles. The van der Waals surface area contributed by atoms with Crippen molar-refractivity contribution in [3.05, 3.63) is 59.4 Å². The Bertz CT molecular complexity index is 460. The number of nitrogens with zero attached hydrogens (tertiary/aromatic N) is 1. The van der Waals surface area contributed by atoms with Gasteiger partial charge in [0.05, 0.1) is 11.9 Å². The van der Waals surface area contributed by atoms with Crippen LogP contribution in [0.5, 0.6) is 0 Å². The molecule has 0 saturated carbocycles. The lowest BCUT2D eigenvalue weighted by molar-refractivity contribution is 1.02. The average molecular weight is 212 g/mol. The van der Waals surface area contributed by atoms with Gasteiger partial charge >= 0.3 is 0 Å². The standard InChI is InChI=1S/C14H16N2/c1-2-11-5-3-4-6-12(11)9-14-8-7-13(15)10-16-14/h3-8,10H,2,9,15H2,1H3. The third-order valence-corrected chi connectivity index (χ3v) is 2.72. The van der Waals surface area contributed by atoms with E-state index < -0.39 is 0 Å². The SMILES string of the molecule is CCc1ccccc1Cc1ccc(N)cn1. The Morgan fingerprint density at radius 3 is 2.44 bits per heavy atom. The van der Waals surface area contributed by atoms with E-state index in [-0.39, 0.29) is 0 Å². The third-order valence-electron chi connectivity index (χ3n) is 2.72. The van der Waals surface area contributed by atoms with Gasteiger partial charge in [-0.05, 0) is 29.7 Å². The summed E-state index contributed by atoms with van der Waals surface area (Å²) < 4.78 is 0. The predicted molar refractivity (Wildman–Crippen MR) is 67.3 cm³/mol. The molecule has 2 nitrogen and oxygen atoms in total. The molecule has 16 heavy (non-hydrogen) atoms. The summed E-state index contributed by atoms with van der Waals surface area (Å²) in [5.74, 6) is 0.